The van der Waals surface area contributed by atoms with Crippen molar-refractivity contribution in [1.29, 1.82) is 0 Å². The normalized spacial score (nSPS) is 15.8. The number of benzene rings is 2. The third-order valence-electron chi connectivity index (χ3n) is 4.88. The molecule has 1 saturated heterocycles. The highest BCUT2D eigenvalue weighted by atomic mass is 35.5. The number of nitrogens with zero attached hydrogens (tertiary/aromatic N) is 3. The Morgan fingerprint density at radius 1 is 0.929 bits per heavy atom. The van der Waals surface area contributed by atoms with Crippen LogP contribution in [-0.4, -0.2) is 41.0 Å². The highest BCUT2D eigenvalue weighted by molar-refractivity contribution is 6.31. The minimum atomic E-state index is -0.316. The lowest BCUT2D eigenvalue weighted by Crippen LogP contribution is -2.45. The first-order valence-electron chi connectivity index (χ1n) is 9.16. The first-order valence-corrected chi connectivity index (χ1v) is 9.53. The Morgan fingerprint density at radius 2 is 1.64 bits per heavy atom. The van der Waals surface area contributed by atoms with Crippen LogP contribution in [0.3, 0.4) is 0 Å². The molecule has 1 fully saturated rings. The van der Waals surface area contributed by atoms with E-state index in [1.165, 1.54) is 24.3 Å². The summed E-state index contributed by atoms with van der Waals surface area (Å²) in [5.41, 5.74) is 2.40. The van der Waals surface area contributed by atoms with E-state index < -0.39 is 0 Å². The van der Waals surface area contributed by atoms with Crippen LogP contribution >= 0.6 is 11.6 Å². The summed E-state index contributed by atoms with van der Waals surface area (Å²) in [5.74, 6) is -0.197. The Labute approximate surface area is 167 Å². The van der Waals surface area contributed by atoms with Crippen LogP contribution in [0.1, 0.15) is 11.3 Å². The van der Waals surface area contributed by atoms with Gasteiger partial charge < -0.3 is 4.42 Å². The van der Waals surface area contributed by atoms with E-state index in [2.05, 4.69) is 14.8 Å². The zero-order chi connectivity index (χ0) is 19.5. The summed E-state index contributed by atoms with van der Waals surface area (Å²) in [6.07, 6.45) is 1.63. The van der Waals surface area contributed by atoms with Gasteiger partial charge in [-0.25, -0.2) is 13.8 Å². The summed E-state index contributed by atoms with van der Waals surface area (Å²) in [4.78, 5) is 9.08. The van der Waals surface area contributed by atoms with Crippen LogP contribution in [0.25, 0.3) is 11.5 Å². The zero-order valence-electron chi connectivity index (χ0n) is 15.2. The SMILES string of the molecule is Fc1cccc(-c2nc(CN3CCN(Cc4ccc(F)cc4Cl)CC3)co2)c1. The summed E-state index contributed by atoms with van der Waals surface area (Å²) < 4.78 is 32.0. The largest absolute Gasteiger partial charge is 0.444 e. The van der Waals surface area contributed by atoms with Crippen LogP contribution in [0.2, 0.25) is 5.02 Å². The van der Waals surface area contributed by atoms with Crippen molar-refractivity contribution in [3.05, 3.63) is 76.6 Å². The van der Waals surface area contributed by atoms with Crippen molar-refractivity contribution < 1.29 is 13.2 Å². The van der Waals surface area contributed by atoms with Crippen LogP contribution in [0.5, 0.6) is 0 Å². The van der Waals surface area contributed by atoms with Crippen LogP contribution in [0.4, 0.5) is 8.78 Å². The maximum atomic E-state index is 13.4. The van der Waals surface area contributed by atoms with Crippen molar-refractivity contribution in [3.8, 4) is 11.5 Å². The van der Waals surface area contributed by atoms with Gasteiger partial charge in [0.25, 0.3) is 0 Å². The minimum absolute atomic E-state index is 0.311. The Balaban J connectivity index is 1.31. The maximum Gasteiger partial charge on any atom is 0.226 e. The molecule has 0 amide bonds. The van der Waals surface area contributed by atoms with E-state index in [9.17, 15) is 8.78 Å². The van der Waals surface area contributed by atoms with E-state index >= 15 is 0 Å². The molecule has 1 aliphatic heterocycles. The van der Waals surface area contributed by atoms with E-state index in [1.807, 2.05) is 0 Å². The molecule has 0 atom stereocenters. The first kappa shape index (κ1) is 19.1. The van der Waals surface area contributed by atoms with E-state index in [4.69, 9.17) is 16.0 Å². The quantitative estimate of drug-likeness (QED) is 0.623. The number of halogens is 3. The highest BCUT2D eigenvalue weighted by Gasteiger charge is 2.19. The Hall–Kier alpha value is -2.28. The van der Waals surface area contributed by atoms with Crippen molar-refractivity contribution in [2.24, 2.45) is 0 Å². The molecule has 28 heavy (non-hydrogen) atoms. The number of rotatable bonds is 5. The lowest BCUT2D eigenvalue weighted by atomic mass is 10.2. The summed E-state index contributed by atoms with van der Waals surface area (Å²) in [7, 11) is 0. The predicted molar refractivity (Wildman–Crippen MR) is 104 cm³/mol. The molecule has 3 aromatic rings. The number of hydrogen-bond acceptors (Lipinski definition) is 4. The van der Waals surface area contributed by atoms with E-state index in [0.717, 1.165) is 37.4 Å². The summed E-state index contributed by atoms with van der Waals surface area (Å²) in [6, 6.07) is 10.8. The predicted octanol–water partition coefficient (Wildman–Crippen LogP) is 4.59. The second-order valence-corrected chi connectivity index (χ2v) is 7.35. The molecular weight excluding hydrogens is 384 g/mol. The van der Waals surface area contributed by atoms with Crippen molar-refractivity contribution in [1.82, 2.24) is 14.8 Å². The molecule has 0 aliphatic carbocycles. The molecule has 1 aromatic heterocycles. The molecule has 2 heterocycles. The van der Waals surface area contributed by atoms with Crippen molar-refractivity contribution in [2.75, 3.05) is 26.2 Å². The Bertz CT molecular complexity index is 954. The smallest absolute Gasteiger partial charge is 0.226 e. The van der Waals surface area contributed by atoms with Crippen LogP contribution in [0, 0.1) is 11.6 Å². The van der Waals surface area contributed by atoms with E-state index in [-0.39, 0.29) is 11.6 Å². The van der Waals surface area contributed by atoms with Crippen LogP contribution < -0.4 is 0 Å². The van der Waals surface area contributed by atoms with Crippen LogP contribution in [-0.2, 0) is 13.1 Å². The molecule has 0 unspecified atom stereocenters. The second kappa shape index (κ2) is 8.39. The van der Waals surface area contributed by atoms with Gasteiger partial charge in [-0.05, 0) is 35.9 Å². The lowest BCUT2D eigenvalue weighted by Gasteiger charge is -2.34. The molecule has 0 radical (unpaired) electrons. The molecule has 0 N–H and O–H groups in total. The third kappa shape index (κ3) is 4.58. The van der Waals surface area contributed by atoms with Gasteiger partial charge >= 0.3 is 0 Å². The number of hydrogen-bond donors (Lipinski definition) is 0. The second-order valence-electron chi connectivity index (χ2n) is 6.94. The molecule has 1 aliphatic rings. The van der Waals surface area contributed by atoms with Gasteiger partial charge in [-0.2, -0.15) is 0 Å². The summed E-state index contributed by atoms with van der Waals surface area (Å²) in [5, 5.41) is 0.468. The number of piperazine rings is 1. The van der Waals surface area contributed by atoms with Gasteiger partial charge in [-0.15, -0.1) is 0 Å². The van der Waals surface area contributed by atoms with Gasteiger partial charge in [-0.1, -0.05) is 23.7 Å². The molecule has 0 saturated carbocycles. The number of oxazole rings is 1. The zero-order valence-corrected chi connectivity index (χ0v) is 16.0. The molecule has 4 rings (SSSR count). The van der Waals surface area contributed by atoms with Crippen molar-refractivity contribution in [3.63, 3.8) is 0 Å². The van der Waals surface area contributed by atoms with Gasteiger partial charge in [0, 0.05) is 49.9 Å². The first-order chi connectivity index (χ1) is 13.6. The molecule has 4 nitrogen and oxygen atoms in total. The maximum absolute atomic E-state index is 13.4. The fraction of sp³-hybridized carbons (Fsp3) is 0.286. The fourth-order valence-electron chi connectivity index (χ4n) is 3.36. The van der Waals surface area contributed by atoms with E-state index in [1.54, 1.807) is 24.5 Å². The fourth-order valence-corrected chi connectivity index (χ4v) is 3.59. The highest BCUT2D eigenvalue weighted by Crippen LogP contribution is 2.22. The van der Waals surface area contributed by atoms with E-state index in [0.29, 0.717) is 29.6 Å². The average Bonchev–Trinajstić information content (AvgIpc) is 3.14. The van der Waals surface area contributed by atoms with Gasteiger partial charge in [-0.3, -0.25) is 9.80 Å². The Morgan fingerprint density at radius 3 is 2.36 bits per heavy atom. The topological polar surface area (TPSA) is 32.5 Å². The number of aromatic nitrogens is 1. The van der Waals surface area contributed by atoms with Gasteiger partial charge in [0.2, 0.25) is 5.89 Å². The standard InChI is InChI=1S/C21H20ClF2N3O/c22-20-11-18(24)5-4-16(20)12-26-6-8-27(9-7-26)13-19-14-28-21(25-19)15-2-1-3-17(23)10-15/h1-5,10-11,14H,6-9,12-13H2. The summed E-state index contributed by atoms with van der Waals surface area (Å²) in [6.45, 7) is 4.96. The third-order valence-corrected chi connectivity index (χ3v) is 5.23. The van der Waals surface area contributed by atoms with Crippen molar-refractivity contribution >= 4 is 11.6 Å². The molecular formula is C21H20ClF2N3O. The van der Waals surface area contributed by atoms with Gasteiger partial charge in [0.05, 0.1) is 5.69 Å². The van der Waals surface area contributed by atoms with Gasteiger partial charge in [0.1, 0.15) is 17.9 Å². The van der Waals surface area contributed by atoms with Crippen molar-refractivity contribution in [2.45, 2.75) is 13.1 Å². The molecule has 146 valence electrons. The van der Waals surface area contributed by atoms with Gasteiger partial charge in [0.15, 0.2) is 0 Å². The summed E-state index contributed by atoms with van der Waals surface area (Å²) >= 11 is 6.13. The minimum Gasteiger partial charge on any atom is -0.444 e. The molecule has 0 bridgehead atoms. The monoisotopic (exact) mass is 403 g/mol. The molecule has 0 spiro atoms. The molecule has 7 heteroatoms. The van der Waals surface area contributed by atoms with Crippen LogP contribution in [0.15, 0.2) is 53.1 Å². The molecule has 2 aromatic carbocycles. The Kier molecular flexibility index (Phi) is 5.71. The lowest BCUT2D eigenvalue weighted by molar-refractivity contribution is 0.121. The average molecular weight is 404 g/mol.